The fourth-order valence-corrected chi connectivity index (χ4v) is 11.6. The van der Waals surface area contributed by atoms with Gasteiger partial charge < -0.3 is 9.88 Å². The van der Waals surface area contributed by atoms with Crippen LogP contribution in [0.1, 0.15) is 57.2 Å². The second kappa shape index (κ2) is 11.6. The first-order valence-corrected chi connectivity index (χ1v) is 21.2. The summed E-state index contributed by atoms with van der Waals surface area (Å²) >= 11 is 1.89. The van der Waals surface area contributed by atoms with E-state index in [-0.39, 0.29) is 10.8 Å². The normalized spacial score (nSPS) is 15.4. The van der Waals surface area contributed by atoms with E-state index in [1.165, 1.54) is 126 Å². The zero-order valence-electron chi connectivity index (χ0n) is 33.0. The van der Waals surface area contributed by atoms with E-state index in [0.29, 0.717) is 0 Å². The molecule has 8 aromatic carbocycles. The highest BCUT2D eigenvalue weighted by Gasteiger charge is 2.38. The van der Waals surface area contributed by atoms with E-state index in [9.17, 15) is 0 Å². The number of para-hydroxylation sites is 1. The van der Waals surface area contributed by atoms with Crippen LogP contribution in [0.2, 0.25) is 0 Å². The van der Waals surface area contributed by atoms with E-state index in [4.69, 9.17) is 0 Å². The highest BCUT2D eigenvalue weighted by molar-refractivity contribution is 7.26. The average Bonchev–Trinajstić information content (AvgIpc) is 3.77. The minimum atomic E-state index is 0.111. The van der Waals surface area contributed by atoms with Crippen molar-refractivity contribution in [3.63, 3.8) is 0 Å². The van der Waals surface area contributed by atoms with Crippen LogP contribution >= 0.6 is 11.3 Å². The molecule has 0 bridgehead atoms. The summed E-state index contributed by atoms with van der Waals surface area (Å²) < 4.78 is 5.23. The van der Waals surface area contributed by atoms with Gasteiger partial charge in [-0.25, -0.2) is 0 Å². The third-order valence-corrected chi connectivity index (χ3v) is 14.7. The predicted molar refractivity (Wildman–Crippen MR) is 249 cm³/mol. The van der Waals surface area contributed by atoms with E-state index < -0.39 is 0 Å². The zero-order chi connectivity index (χ0) is 38.4. The molecule has 273 valence electrons. The van der Waals surface area contributed by atoms with Crippen molar-refractivity contribution in [2.24, 2.45) is 0 Å². The first-order chi connectivity index (χ1) is 27.7. The summed E-state index contributed by atoms with van der Waals surface area (Å²) in [4.78, 5) is 0. The first kappa shape index (κ1) is 33.3. The average molecular weight is 750 g/mol. The maximum atomic E-state index is 4.13. The Balaban J connectivity index is 1.20. The summed E-state index contributed by atoms with van der Waals surface area (Å²) in [6.45, 7) is 12.0. The summed E-state index contributed by atoms with van der Waals surface area (Å²) in [5.74, 6) is 0. The first-order valence-electron chi connectivity index (χ1n) is 20.4. The maximum Gasteiger partial charge on any atom is 0.197 e. The molecule has 4 heteroatoms. The molecule has 0 saturated carbocycles. The molecule has 57 heavy (non-hydrogen) atoms. The number of benzene rings is 8. The molecule has 0 fully saturated rings. The number of aromatic nitrogens is 1. The molecule has 10 aromatic rings. The van der Waals surface area contributed by atoms with Crippen LogP contribution in [0.15, 0.2) is 133 Å². The lowest BCUT2D eigenvalue weighted by Gasteiger charge is -2.42. The van der Waals surface area contributed by atoms with Gasteiger partial charge in [0.05, 0.1) is 5.52 Å². The van der Waals surface area contributed by atoms with E-state index in [0.717, 1.165) is 5.69 Å². The summed E-state index contributed by atoms with van der Waals surface area (Å²) in [6, 6.07) is 50.4. The van der Waals surface area contributed by atoms with Crippen LogP contribution in [0.5, 0.6) is 0 Å². The molecule has 1 N–H and O–H groups in total. The van der Waals surface area contributed by atoms with E-state index >= 15 is 0 Å². The third kappa shape index (κ3) is 4.65. The van der Waals surface area contributed by atoms with E-state index in [1.807, 2.05) is 11.3 Å². The Hall–Kier alpha value is -5.84. The second-order valence-electron chi connectivity index (χ2n) is 17.9. The maximum absolute atomic E-state index is 4.13. The van der Waals surface area contributed by atoms with E-state index in [2.05, 4.69) is 185 Å². The van der Waals surface area contributed by atoms with Gasteiger partial charge in [-0.15, -0.1) is 11.3 Å². The lowest BCUT2D eigenvalue weighted by Crippen LogP contribution is -2.37. The van der Waals surface area contributed by atoms with Crippen molar-refractivity contribution in [2.45, 2.75) is 58.3 Å². The number of anilines is 2. The Labute approximate surface area is 338 Å². The molecule has 0 atom stereocenters. The van der Waals surface area contributed by atoms with Gasteiger partial charge in [0.1, 0.15) is 0 Å². The Bertz CT molecular complexity index is 3380. The monoisotopic (exact) mass is 749 g/mol. The molecule has 0 saturated heterocycles. The zero-order valence-corrected chi connectivity index (χ0v) is 33.9. The summed E-state index contributed by atoms with van der Waals surface area (Å²) in [6.07, 6.45) is 2.39. The standard InChI is InChI=1S/C53H42BN2S/c1-30-27-39-40(53(4,5)26-25-52(39,2)3)29-43(30)55-42-23-24-45-47(37-17-10-11-20-44(37)57-45)46(42)38-28-32-14-7-9-16-34(32)51-48(38)54-41-19-12-18-35-36-22-21-31-13-6-8-15-33(31)49(36)56(51)50(35)41/h6-24,27-29,55H,25-26H2,1-5H3. The van der Waals surface area contributed by atoms with Gasteiger partial charge in [-0.3, -0.25) is 0 Å². The van der Waals surface area contributed by atoms with Gasteiger partial charge in [0.2, 0.25) is 0 Å². The Morgan fingerprint density at radius 1 is 0.579 bits per heavy atom. The van der Waals surface area contributed by atoms with E-state index in [1.54, 1.807) is 0 Å². The van der Waals surface area contributed by atoms with Crippen molar-refractivity contribution in [2.75, 3.05) is 5.32 Å². The molecule has 0 amide bonds. The minimum absolute atomic E-state index is 0.111. The Kier molecular flexibility index (Phi) is 6.79. The number of nitrogens with one attached hydrogen (secondary N) is 1. The number of thiophene rings is 1. The van der Waals surface area contributed by atoms with Crippen molar-refractivity contribution in [1.29, 1.82) is 0 Å². The Morgan fingerprint density at radius 3 is 2.09 bits per heavy atom. The lowest BCUT2D eigenvalue weighted by molar-refractivity contribution is 0.332. The van der Waals surface area contributed by atoms with Crippen LogP contribution in [0.4, 0.5) is 11.4 Å². The van der Waals surface area contributed by atoms with Crippen LogP contribution < -0.4 is 16.2 Å². The number of hydrogen-bond acceptors (Lipinski definition) is 2. The van der Waals surface area contributed by atoms with Gasteiger partial charge in [-0.2, -0.15) is 0 Å². The molecule has 1 aliphatic heterocycles. The molecule has 12 rings (SSSR count). The second-order valence-corrected chi connectivity index (χ2v) is 19.0. The van der Waals surface area contributed by atoms with Crippen molar-refractivity contribution >= 4 is 104 Å². The van der Waals surface area contributed by atoms with Gasteiger partial charge in [-0.1, -0.05) is 136 Å². The number of aryl methyl sites for hydroxylation is 1. The predicted octanol–water partition coefficient (Wildman–Crippen LogP) is 13.5. The fraction of sp³-hybridized carbons (Fsp3) is 0.170. The smallest absolute Gasteiger partial charge is 0.197 e. The Morgan fingerprint density at radius 2 is 1.26 bits per heavy atom. The topological polar surface area (TPSA) is 17.0 Å². The summed E-state index contributed by atoms with van der Waals surface area (Å²) in [5, 5.41) is 14.4. The van der Waals surface area contributed by atoms with Crippen molar-refractivity contribution in [3.8, 4) is 16.8 Å². The number of rotatable bonds is 3. The van der Waals surface area contributed by atoms with Crippen LogP contribution in [0, 0.1) is 6.92 Å². The summed E-state index contributed by atoms with van der Waals surface area (Å²) in [7, 11) is 2.48. The molecule has 3 heterocycles. The molecular formula is C53H42BN2S. The van der Waals surface area contributed by atoms with Crippen LogP contribution in [-0.2, 0) is 10.8 Å². The van der Waals surface area contributed by atoms with Crippen LogP contribution in [-0.4, -0.2) is 11.8 Å². The quantitative estimate of drug-likeness (QED) is 0.178. The molecule has 0 spiro atoms. The fourth-order valence-electron chi connectivity index (χ4n) is 10.5. The van der Waals surface area contributed by atoms with Crippen molar-refractivity contribution < 1.29 is 0 Å². The minimum Gasteiger partial charge on any atom is -0.355 e. The number of nitrogens with zero attached hydrogens (tertiary/aromatic N) is 1. The van der Waals surface area contributed by atoms with Crippen LogP contribution in [0.25, 0.3) is 80.3 Å². The van der Waals surface area contributed by atoms with Crippen molar-refractivity contribution in [3.05, 3.63) is 150 Å². The van der Waals surface area contributed by atoms with Gasteiger partial charge in [0, 0.05) is 69.9 Å². The molecule has 2 aliphatic rings. The van der Waals surface area contributed by atoms with Gasteiger partial charge in [0.25, 0.3) is 0 Å². The molecule has 0 unspecified atom stereocenters. The highest BCUT2D eigenvalue weighted by Crippen LogP contribution is 2.50. The molecule has 2 aromatic heterocycles. The molecule has 1 aliphatic carbocycles. The van der Waals surface area contributed by atoms with Crippen LogP contribution in [0.3, 0.4) is 0 Å². The number of fused-ring (bicyclic) bond motifs is 13. The highest BCUT2D eigenvalue weighted by atomic mass is 32.1. The van der Waals surface area contributed by atoms with Gasteiger partial charge in [0.15, 0.2) is 7.28 Å². The molecule has 2 nitrogen and oxygen atoms in total. The largest absolute Gasteiger partial charge is 0.355 e. The molecule has 1 radical (unpaired) electrons. The number of hydrogen-bond donors (Lipinski definition) is 1. The van der Waals surface area contributed by atoms with Crippen molar-refractivity contribution in [1.82, 2.24) is 4.57 Å². The van der Waals surface area contributed by atoms with Gasteiger partial charge >= 0.3 is 0 Å². The lowest BCUT2D eigenvalue weighted by atomic mass is 9.58. The third-order valence-electron chi connectivity index (χ3n) is 13.6. The summed E-state index contributed by atoms with van der Waals surface area (Å²) in [5.41, 5.74) is 15.7. The van der Waals surface area contributed by atoms with Gasteiger partial charge in [-0.05, 0) is 99.4 Å². The molecular weight excluding hydrogens is 707 g/mol. The SMILES string of the molecule is Cc1cc2c(cc1Nc1ccc3sc4ccccc4c3c1-c1cc3ccccc3c3c1[B]c1cccc4c5ccc6ccccc6c5n-3c14)C(C)(C)CCC2(C)C.